The van der Waals surface area contributed by atoms with Crippen LogP contribution in [-0.2, 0) is 13.6 Å². The van der Waals surface area contributed by atoms with Crippen LogP contribution >= 0.6 is 11.8 Å². The summed E-state index contributed by atoms with van der Waals surface area (Å²) in [6.45, 7) is 0.758. The average Bonchev–Trinajstić information content (AvgIpc) is 2.95. The Morgan fingerprint density at radius 3 is 2.55 bits per heavy atom. The van der Waals surface area contributed by atoms with Gasteiger partial charge in [-0.1, -0.05) is 42.5 Å². The summed E-state index contributed by atoms with van der Waals surface area (Å²) < 4.78 is 1.94. The number of nitrogens with zero attached hydrogens (tertiary/aromatic N) is 2. The minimum absolute atomic E-state index is 0.758. The molecule has 0 aliphatic carbocycles. The molecule has 0 unspecified atom stereocenters. The largest absolute Gasteiger partial charge is 0.378 e. The number of rotatable bonds is 5. The van der Waals surface area contributed by atoms with Crippen molar-refractivity contribution in [2.75, 3.05) is 11.6 Å². The highest BCUT2D eigenvalue weighted by molar-refractivity contribution is 7.98. The molecule has 0 fully saturated rings. The predicted molar refractivity (Wildman–Crippen MR) is 94.2 cm³/mol. The van der Waals surface area contributed by atoms with E-state index in [-0.39, 0.29) is 0 Å². The van der Waals surface area contributed by atoms with E-state index in [4.69, 9.17) is 0 Å². The van der Waals surface area contributed by atoms with Crippen molar-refractivity contribution in [1.82, 2.24) is 9.78 Å². The normalized spacial score (nSPS) is 10.6. The molecular weight excluding hydrogens is 290 g/mol. The Labute approximate surface area is 135 Å². The summed E-state index contributed by atoms with van der Waals surface area (Å²) in [7, 11) is 1.99. The molecular formula is C18H19N3S. The van der Waals surface area contributed by atoms with Crippen LogP contribution in [0, 0.1) is 0 Å². The van der Waals surface area contributed by atoms with Gasteiger partial charge in [0.2, 0.25) is 0 Å². The van der Waals surface area contributed by atoms with Crippen LogP contribution in [0.25, 0.3) is 11.3 Å². The third kappa shape index (κ3) is 3.17. The molecule has 0 aliphatic heterocycles. The fraction of sp³-hybridized carbons (Fsp3) is 0.167. The minimum atomic E-state index is 0.758. The quantitative estimate of drug-likeness (QED) is 0.708. The number of nitrogens with one attached hydrogen (secondary N) is 1. The molecule has 0 spiro atoms. The van der Waals surface area contributed by atoms with Crippen molar-refractivity contribution >= 4 is 17.4 Å². The van der Waals surface area contributed by atoms with Crippen LogP contribution in [-0.4, -0.2) is 16.0 Å². The molecule has 2 aromatic carbocycles. The lowest BCUT2D eigenvalue weighted by Crippen LogP contribution is -2.05. The van der Waals surface area contributed by atoms with E-state index in [1.54, 1.807) is 11.8 Å². The minimum Gasteiger partial charge on any atom is -0.378 e. The zero-order chi connectivity index (χ0) is 15.4. The molecule has 0 bridgehead atoms. The first kappa shape index (κ1) is 14.7. The second-order valence-corrected chi connectivity index (χ2v) is 5.91. The molecule has 0 saturated carbocycles. The first-order chi connectivity index (χ1) is 10.8. The van der Waals surface area contributed by atoms with Gasteiger partial charge >= 0.3 is 0 Å². The van der Waals surface area contributed by atoms with Gasteiger partial charge < -0.3 is 5.32 Å². The number of hydrogen-bond acceptors (Lipinski definition) is 3. The van der Waals surface area contributed by atoms with E-state index in [0.29, 0.717) is 0 Å². The van der Waals surface area contributed by atoms with E-state index in [1.165, 1.54) is 4.90 Å². The highest BCUT2D eigenvalue weighted by Crippen LogP contribution is 2.25. The van der Waals surface area contributed by atoms with Crippen LogP contribution < -0.4 is 5.32 Å². The Hall–Kier alpha value is -2.20. The zero-order valence-corrected chi connectivity index (χ0v) is 13.6. The zero-order valence-electron chi connectivity index (χ0n) is 12.8. The highest BCUT2D eigenvalue weighted by atomic mass is 32.2. The maximum absolute atomic E-state index is 4.61. The molecule has 0 aliphatic rings. The molecule has 112 valence electrons. The summed E-state index contributed by atoms with van der Waals surface area (Å²) in [6, 6.07) is 20.8. The number of hydrogen-bond donors (Lipinski definition) is 1. The van der Waals surface area contributed by atoms with Crippen LogP contribution in [0.5, 0.6) is 0 Å². The molecule has 3 rings (SSSR count). The van der Waals surface area contributed by atoms with Crippen LogP contribution in [0.4, 0.5) is 5.69 Å². The van der Waals surface area contributed by atoms with Crippen LogP contribution in [0.15, 0.2) is 65.6 Å². The van der Waals surface area contributed by atoms with Gasteiger partial charge in [0.15, 0.2) is 0 Å². The van der Waals surface area contributed by atoms with Gasteiger partial charge in [0, 0.05) is 23.2 Å². The monoisotopic (exact) mass is 309 g/mol. The lowest BCUT2D eigenvalue weighted by Gasteiger charge is -2.10. The average molecular weight is 309 g/mol. The predicted octanol–water partition coefficient (Wildman–Crippen LogP) is 4.42. The lowest BCUT2D eigenvalue weighted by atomic mass is 10.1. The number of para-hydroxylation sites is 1. The molecule has 1 N–H and O–H groups in total. The van der Waals surface area contributed by atoms with Gasteiger partial charge in [-0.2, -0.15) is 5.10 Å². The van der Waals surface area contributed by atoms with Crippen molar-refractivity contribution in [3.05, 3.63) is 66.4 Å². The Balaban J connectivity index is 1.78. The molecule has 1 aromatic heterocycles. The Kier molecular flexibility index (Phi) is 4.49. The fourth-order valence-electron chi connectivity index (χ4n) is 2.40. The topological polar surface area (TPSA) is 29.9 Å². The van der Waals surface area contributed by atoms with Crippen molar-refractivity contribution in [1.29, 1.82) is 0 Å². The molecule has 0 saturated heterocycles. The van der Waals surface area contributed by atoms with Crippen molar-refractivity contribution in [2.45, 2.75) is 11.4 Å². The van der Waals surface area contributed by atoms with Crippen molar-refractivity contribution in [2.24, 2.45) is 7.05 Å². The second-order valence-electron chi connectivity index (χ2n) is 5.06. The van der Waals surface area contributed by atoms with Gasteiger partial charge in [-0.3, -0.25) is 4.68 Å². The number of aromatic nitrogens is 2. The van der Waals surface area contributed by atoms with Gasteiger partial charge in [-0.05, 0) is 24.5 Å². The third-order valence-electron chi connectivity index (χ3n) is 3.61. The van der Waals surface area contributed by atoms with Crippen LogP contribution in [0.1, 0.15) is 5.69 Å². The van der Waals surface area contributed by atoms with Gasteiger partial charge in [-0.25, -0.2) is 0 Å². The van der Waals surface area contributed by atoms with E-state index in [1.807, 2.05) is 29.9 Å². The number of anilines is 1. The lowest BCUT2D eigenvalue weighted by molar-refractivity contribution is 0.722. The summed E-state index contributed by atoms with van der Waals surface area (Å²) in [5.41, 5.74) is 4.49. The van der Waals surface area contributed by atoms with Crippen LogP contribution in [0.2, 0.25) is 0 Å². The summed E-state index contributed by atoms with van der Waals surface area (Å²) in [5.74, 6) is 0. The van der Waals surface area contributed by atoms with Gasteiger partial charge in [0.1, 0.15) is 0 Å². The second kappa shape index (κ2) is 6.71. The van der Waals surface area contributed by atoms with Gasteiger partial charge in [0.05, 0.1) is 17.9 Å². The smallest absolute Gasteiger partial charge is 0.0926 e. The number of thioether (sulfide) groups is 1. The van der Waals surface area contributed by atoms with E-state index >= 15 is 0 Å². The van der Waals surface area contributed by atoms with Crippen LogP contribution in [0.3, 0.4) is 0 Å². The molecule has 22 heavy (non-hydrogen) atoms. The van der Waals surface area contributed by atoms with Gasteiger partial charge in [-0.15, -0.1) is 11.8 Å². The maximum atomic E-state index is 4.61. The fourth-order valence-corrected chi connectivity index (χ4v) is 2.97. The van der Waals surface area contributed by atoms with Gasteiger partial charge in [0.25, 0.3) is 0 Å². The molecule has 3 nitrogen and oxygen atoms in total. The summed E-state index contributed by atoms with van der Waals surface area (Å²) >= 11 is 1.75. The summed E-state index contributed by atoms with van der Waals surface area (Å²) in [5, 5.41) is 8.11. The molecule has 3 aromatic rings. The maximum Gasteiger partial charge on any atom is 0.0926 e. The van der Waals surface area contributed by atoms with Crippen molar-refractivity contribution < 1.29 is 0 Å². The SMILES string of the molecule is CSc1ccccc1NCc1cc(-c2ccccc2)nn1C. The molecule has 4 heteroatoms. The van der Waals surface area contributed by atoms with Crippen molar-refractivity contribution in [3.63, 3.8) is 0 Å². The highest BCUT2D eigenvalue weighted by Gasteiger charge is 2.07. The van der Waals surface area contributed by atoms with E-state index in [0.717, 1.165) is 29.2 Å². The number of benzene rings is 2. The molecule has 0 atom stereocenters. The first-order valence-corrected chi connectivity index (χ1v) is 8.45. The van der Waals surface area contributed by atoms with E-state index in [2.05, 4.69) is 59.1 Å². The third-order valence-corrected chi connectivity index (χ3v) is 4.41. The Bertz CT molecular complexity index is 750. The molecule has 0 radical (unpaired) electrons. The van der Waals surface area contributed by atoms with E-state index in [9.17, 15) is 0 Å². The Morgan fingerprint density at radius 1 is 1.05 bits per heavy atom. The molecule has 0 amide bonds. The molecule has 1 heterocycles. The van der Waals surface area contributed by atoms with Crippen molar-refractivity contribution in [3.8, 4) is 11.3 Å². The summed E-state index contributed by atoms with van der Waals surface area (Å²) in [4.78, 5) is 1.26. The Morgan fingerprint density at radius 2 is 1.77 bits per heavy atom. The summed E-state index contributed by atoms with van der Waals surface area (Å²) in [6.07, 6.45) is 2.10. The van der Waals surface area contributed by atoms with E-state index < -0.39 is 0 Å². The first-order valence-electron chi connectivity index (χ1n) is 7.23. The standard InChI is InChI=1S/C18H19N3S/c1-21-15(12-17(20-21)14-8-4-3-5-9-14)13-19-16-10-6-7-11-18(16)22-2/h3-12,19H,13H2,1-2H3. The number of aryl methyl sites for hydroxylation is 1.